The standard InChI is InChI=1S/C16H20N2O/c19-16(7-6-14-4-2-1-3-5-14)18-13-12-17-10-8-15(18)9-11-17/h1-7,15H,8-13H2. The van der Waals surface area contributed by atoms with Crippen LogP contribution in [-0.4, -0.2) is 47.9 Å². The lowest BCUT2D eigenvalue weighted by Crippen LogP contribution is -2.40. The van der Waals surface area contributed by atoms with E-state index in [4.69, 9.17) is 0 Å². The van der Waals surface area contributed by atoms with Crippen LogP contribution in [0.5, 0.6) is 0 Å². The molecule has 100 valence electrons. The molecule has 4 rings (SSSR count). The minimum absolute atomic E-state index is 0.164. The normalized spacial score (nSPS) is 26.6. The Morgan fingerprint density at radius 3 is 2.53 bits per heavy atom. The second-order valence-corrected chi connectivity index (χ2v) is 5.35. The summed E-state index contributed by atoms with van der Waals surface area (Å²) in [5.74, 6) is 0.164. The minimum Gasteiger partial charge on any atom is -0.335 e. The van der Waals surface area contributed by atoms with E-state index < -0.39 is 0 Å². The average Bonchev–Trinajstić information content (AvgIpc) is 2.79. The largest absolute Gasteiger partial charge is 0.335 e. The molecule has 3 saturated heterocycles. The summed E-state index contributed by atoms with van der Waals surface area (Å²) in [6, 6.07) is 10.5. The predicted octanol–water partition coefficient (Wildman–Crippen LogP) is 2.01. The van der Waals surface area contributed by atoms with Gasteiger partial charge in [0.05, 0.1) is 0 Å². The molecular weight excluding hydrogens is 236 g/mol. The SMILES string of the molecule is O=C(C=Cc1ccccc1)N1CCN2CCC1CC2. The molecule has 0 atom stereocenters. The summed E-state index contributed by atoms with van der Waals surface area (Å²) in [5.41, 5.74) is 1.08. The highest BCUT2D eigenvalue weighted by Crippen LogP contribution is 2.21. The van der Waals surface area contributed by atoms with Gasteiger partial charge in [-0.1, -0.05) is 30.3 Å². The molecule has 3 heterocycles. The third-order valence-corrected chi connectivity index (χ3v) is 4.16. The molecule has 2 bridgehead atoms. The van der Waals surface area contributed by atoms with Crippen LogP contribution >= 0.6 is 0 Å². The smallest absolute Gasteiger partial charge is 0.246 e. The lowest BCUT2D eigenvalue weighted by molar-refractivity contribution is -0.127. The van der Waals surface area contributed by atoms with Gasteiger partial charge in [-0.3, -0.25) is 4.79 Å². The number of nitrogens with zero attached hydrogens (tertiary/aromatic N) is 2. The molecule has 0 N–H and O–H groups in total. The van der Waals surface area contributed by atoms with Crippen molar-refractivity contribution in [3.8, 4) is 0 Å². The number of benzene rings is 1. The van der Waals surface area contributed by atoms with E-state index >= 15 is 0 Å². The molecule has 1 aromatic carbocycles. The zero-order valence-corrected chi connectivity index (χ0v) is 11.2. The zero-order valence-electron chi connectivity index (χ0n) is 11.2. The first-order chi connectivity index (χ1) is 9.33. The van der Waals surface area contributed by atoms with Crippen molar-refractivity contribution in [3.05, 3.63) is 42.0 Å². The first kappa shape index (κ1) is 12.4. The molecule has 3 heteroatoms. The monoisotopic (exact) mass is 256 g/mol. The Bertz CT molecular complexity index is 461. The van der Waals surface area contributed by atoms with Crippen molar-refractivity contribution in [3.63, 3.8) is 0 Å². The lowest BCUT2D eigenvalue weighted by atomic mass is 10.1. The second-order valence-electron chi connectivity index (χ2n) is 5.35. The number of carbonyl (C=O) groups excluding carboxylic acids is 1. The van der Waals surface area contributed by atoms with Gasteiger partial charge in [0.1, 0.15) is 0 Å². The maximum Gasteiger partial charge on any atom is 0.246 e. The maximum absolute atomic E-state index is 12.3. The second kappa shape index (κ2) is 5.57. The molecule has 0 aromatic heterocycles. The Morgan fingerprint density at radius 1 is 1.05 bits per heavy atom. The first-order valence-corrected chi connectivity index (χ1v) is 7.09. The van der Waals surface area contributed by atoms with E-state index in [0.717, 1.165) is 44.6 Å². The van der Waals surface area contributed by atoms with E-state index in [1.807, 2.05) is 36.4 Å². The van der Waals surface area contributed by atoms with Gasteiger partial charge in [-0.25, -0.2) is 0 Å². The first-order valence-electron chi connectivity index (χ1n) is 7.09. The summed E-state index contributed by atoms with van der Waals surface area (Å²) >= 11 is 0. The highest BCUT2D eigenvalue weighted by atomic mass is 16.2. The van der Waals surface area contributed by atoms with Crippen LogP contribution in [0.15, 0.2) is 36.4 Å². The van der Waals surface area contributed by atoms with E-state index in [9.17, 15) is 4.79 Å². The van der Waals surface area contributed by atoms with Crippen LogP contribution in [0.1, 0.15) is 18.4 Å². The fourth-order valence-electron chi connectivity index (χ4n) is 3.00. The summed E-state index contributed by atoms with van der Waals surface area (Å²) in [6.45, 7) is 4.21. The third kappa shape index (κ3) is 2.87. The van der Waals surface area contributed by atoms with Crippen molar-refractivity contribution in [2.45, 2.75) is 18.9 Å². The van der Waals surface area contributed by atoms with Gasteiger partial charge in [0, 0.05) is 38.3 Å². The van der Waals surface area contributed by atoms with Gasteiger partial charge in [-0.15, -0.1) is 0 Å². The molecule has 0 spiro atoms. The Labute approximate surface area is 114 Å². The third-order valence-electron chi connectivity index (χ3n) is 4.16. The van der Waals surface area contributed by atoms with E-state index in [1.165, 1.54) is 0 Å². The summed E-state index contributed by atoms with van der Waals surface area (Å²) in [5, 5.41) is 0. The van der Waals surface area contributed by atoms with E-state index in [1.54, 1.807) is 6.08 Å². The van der Waals surface area contributed by atoms with Gasteiger partial charge in [0.2, 0.25) is 5.91 Å². The molecule has 0 radical (unpaired) electrons. The highest BCUT2D eigenvalue weighted by Gasteiger charge is 2.30. The molecule has 3 nitrogen and oxygen atoms in total. The fourth-order valence-corrected chi connectivity index (χ4v) is 3.00. The number of rotatable bonds is 2. The van der Waals surface area contributed by atoms with Crippen molar-refractivity contribution >= 4 is 12.0 Å². The van der Waals surface area contributed by atoms with Crippen LogP contribution in [0.25, 0.3) is 6.08 Å². The molecule has 3 aliphatic heterocycles. The topological polar surface area (TPSA) is 23.6 Å². The minimum atomic E-state index is 0.164. The molecule has 0 saturated carbocycles. The molecular formula is C16H20N2O. The van der Waals surface area contributed by atoms with Gasteiger partial charge in [-0.05, 0) is 24.5 Å². The van der Waals surface area contributed by atoms with Gasteiger partial charge >= 0.3 is 0 Å². The summed E-state index contributed by atoms with van der Waals surface area (Å²) in [6.07, 6.45) is 5.90. The van der Waals surface area contributed by atoms with Crippen molar-refractivity contribution < 1.29 is 4.79 Å². The Hall–Kier alpha value is -1.61. The van der Waals surface area contributed by atoms with Crippen LogP contribution in [0.4, 0.5) is 0 Å². The van der Waals surface area contributed by atoms with Crippen molar-refractivity contribution in [2.75, 3.05) is 26.2 Å². The molecule has 0 aliphatic carbocycles. The number of amides is 1. The molecule has 1 aromatic rings. The fraction of sp³-hybridized carbons (Fsp3) is 0.438. The van der Waals surface area contributed by atoms with Crippen molar-refractivity contribution in [1.82, 2.24) is 9.80 Å². The van der Waals surface area contributed by atoms with Gasteiger partial charge in [-0.2, -0.15) is 0 Å². The number of hydrogen-bond acceptors (Lipinski definition) is 2. The highest BCUT2D eigenvalue weighted by molar-refractivity contribution is 5.92. The predicted molar refractivity (Wildman–Crippen MR) is 76.7 cm³/mol. The van der Waals surface area contributed by atoms with E-state index in [2.05, 4.69) is 9.80 Å². The number of hydrogen-bond donors (Lipinski definition) is 0. The summed E-state index contributed by atoms with van der Waals surface area (Å²) in [4.78, 5) is 16.9. The molecule has 3 aliphatic rings. The Kier molecular flexibility index (Phi) is 3.65. The van der Waals surface area contributed by atoms with Gasteiger partial charge < -0.3 is 9.80 Å². The number of carbonyl (C=O) groups is 1. The molecule has 1 amide bonds. The zero-order chi connectivity index (χ0) is 13.1. The average molecular weight is 256 g/mol. The van der Waals surface area contributed by atoms with Gasteiger partial charge in [0.25, 0.3) is 0 Å². The van der Waals surface area contributed by atoms with E-state index in [0.29, 0.717) is 6.04 Å². The molecule has 19 heavy (non-hydrogen) atoms. The quantitative estimate of drug-likeness (QED) is 0.756. The Balaban J connectivity index is 1.68. The number of fused-ring (bicyclic) bond motifs is 4. The molecule has 0 unspecified atom stereocenters. The van der Waals surface area contributed by atoms with Crippen molar-refractivity contribution in [1.29, 1.82) is 0 Å². The number of piperidine rings is 1. The Morgan fingerprint density at radius 2 is 1.79 bits per heavy atom. The van der Waals surface area contributed by atoms with Crippen LogP contribution in [0, 0.1) is 0 Å². The van der Waals surface area contributed by atoms with Crippen LogP contribution in [0.3, 0.4) is 0 Å². The lowest BCUT2D eigenvalue weighted by Gasteiger charge is -2.30. The maximum atomic E-state index is 12.3. The molecule has 3 fully saturated rings. The van der Waals surface area contributed by atoms with Crippen LogP contribution in [0.2, 0.25) is 0 Å². The van der Waals surface area contributed by atoms with Crippen molar-refractivity contribution in [2.24, 2.45) is 0 Å². The van der Waals surface area contributed by atoms with Crippen LogP contribution in [-0.2, 0) is 4.79 Å². The van der Waals surface area contributed by atoms with Gasteiger partial charge in [0.15, 0.2) is 0 Å². The van der Waals surface area contributed by atoms with Crippen LogP contribution < -0.4 is 0 Å². The summed E-state index contributed by atoms with van der Waals surface area (Å²) < 4.78 is 0. The summed E-state index contributed by atoms with van der Waals surface area (Å²) in [7, 11) is 0. The van der Waals surface area contributed by atoms with E-state index in [-0.39, 0.29) is 5.91 Å².